The van der Waals surface area contributed by atoms with Gasteiger partial charge < -0.3 is 10.0 Å². The highest BCUT2D eigenvalue weighted by atomic mass is 16.3. The molecule has 0 saturated carbocycles. The summed E-state index contributed by atoms with van der Waals surface area (Å²) in [4.78, 5) is 2.11. The highest BCUT2D eigenvalue weighted by Gasteiger charge is 2.21. The minimum absolute atomic E-state index is 0.266. The van der Waals surface area contributed by atoms with Gasteiger partial charge >= 0.3 is 0 Å². The molecule has 3 heteroatoms. The number of aliphatic hydroxyl groups excluding tert-OH is 1. The van der Waals surface area contributed by atoms with Crippen LogP contribution in [-0.4, -0.2) is 35.5 Å². The number of hydrogen-bond donors (Lipinski definition) is 2. The number of aliphatic hydroxyl groups is 1. The van der Waals surface area contributed by atoms with E-state index in [1.165, 1.54) is 0 Å². The highest BCUT2D eigenvalue weighted by molar-refractivity contribution is 5.81. The van der Waals surface area contributed by atoms with Crippen LogP contribution in [0.4, 0.5) is 0 Å². The van der Waals surface area contributed by atoms with E-state index in [9.17, 15) is 0 Å². The molecule has 1 atom stereocenters. The minimum atomic E-state index is 0.266. The lowest BCUT2D eigenvalue weighted by molar-refractivity contribution is 0.157. The minimum Gasteiger partial charge on any atom is -0.396 e. The Morgan fingerprint density at radius 2 is 2.31 bits per heavy atom. The van der Waals surface area contributed by atoms with Gasteiger partial charge in [-0.05, 0) is 18.8 Å². The molecule has 1 saturated heterocycles. The molecule has 1 aliphatic heterocycles. The first-order valence-corrected chi connectivity index (χ1v) is 5.09. The summed E-state index contributed by atoms with van der Waals surface area (Å²) in [5.74, 6) is 1.41. The van der Waals surface area contributed by atoms with Gasteiger partial charge in [0, 0.05) is 25.6 Å². The molecule has 2 N–H and O–H groups in total. The van der Waals surface area contributed by atoms with Gasteiger partial charge in [0.05, 0.1) is 5.84 Å². The zero-order chi connectivity index (χ0) is 9.84. The van der Waals surface area contributed by atoms with Gasteiger partial charge in [0.25, 0.3) is 0 Å². The van der Waals surface area contributed by atoms with Crippen LogP contribution in [0.3, 0.4) is 0 Å². The average molecular weight is 184 g/mol. The first kappa shape index (κ1) is 10.5. The van der Waals surface area contributed by atoms with Crippen molar-refractivity contribution >= 4 is 5.84 Å². The normalized spacial score (nSPS) is 23.7. The molecule has 1 aliphatic rings. The fraction of sp³-hybridized carbons (Fsp3) is 0.900. The van der Waals surface area contributed by atoms with E-state index in [0.29, 0.717) is 11.8 Å². The summed E-state index contributed by atoms with van der Waals surface area (Å²) in [6, 6.07) is 0. The van der Waals surface area contributed by atoms with Crippen LogP contribution in [0.5, 0.6) is 0 Å². The van der Waals surface area contributed by atoms with Gasteiger partial charge in [0.15, 0.2) is 0 Å². The molecule has 13 heavy (non-hydrogen) atoms. The SMILES string of the molecule is CC(C)C(=N)N1CCCC(CO)C1. The number of rotatable bonds is 2. The van der Waals surface area contributed by atoms with Gasteiger partial charge in [0.2, 0.25) is 0 Å². The predicted octanol–water partition coefficient (Wildman–Crippen LogP) is 1.32. The van der Waals surface area contributed by atoms with Crippen LogP contribution in [-0.2, 0) is 0 Å². The first-order chi connectivity index (χ1) is 6.15. The molecule has 0 aromatic rings. The van der Waals surface area contributed by atoms with Crippen LogP contribution in [0.2, 0.25) is 0 Å². The molecule has 0 aliphatic carbocycles. The fourth-order valence-electron chi connectivity index (χ4n) is 1.80. The molecule has 0 bridgehead atoms. The topological polar surface area (TPSA) is 47.3 Å². The molecule has 0 aromatic heterocycles. The van der Waals surface area contributed by atoms with Crippen molar-refractivity contribution in [1.29, 1.82) is 5.41 Å². The van der Waals surface area contributed by atoms with E-state index >= 15 is 0 Å². The van der Waals surface area contributed by atoms with E-state index in [4.69, 9.17) is 10.5 Å². The number of hydrogen-bond acceptors (Lipinski definition) is 2. The van der Waals surface area contributed by atoms with Crippen molar-refractivity contribution in [3.8, 4) is 0 Å². The monoisotopic (exact) mass is 184 g/mol. The second-order valence-electron chi connectivity index (χ2n) is 4.18. The Balaban J connectivity index is 2.46. The standard InChI is InChI=1S/C10H20N2O/c1-8(2)10(11)12-5-3-4-9(6-12)7-13/h8-9,11,13H,3-7H2,1-2H3. The third kappa shape index (κ3) is 2.69. The molecule has 0 amide bonds. The highest BCUT2D eigenvalue weighted by Crippen LogP contribution is 2.17. The lowest BCUT2D eigenvalue weighted by atomic mass is 9.98. The van der Waals surface area contributed by atoms with Crippen molar-refractivity contribution in [3.63, 3.8) is 0 Å². The summed E-state index contributed by atoms with van der Waals surface area (Å²) in [7, 11) is 0. The third-order valence-corrected chi connectivity index (χ3v) is 2.66. The van der Waals surface area contributed by atoms with Crippen molar-refractivity contribution in [3.05, 3.63) is 0 Å². The molecule has 76 valence electrons. The zero-order valence-electron chi connectivity index (χ0n) is 8.58. The summed E-state index contributed by atoms with van der Waals surface area (Å²) < 4.78 is 0. The summed E-state index contributed by atoms with van der Waals surface area (Å²) in [6.45, 7) is 6.22. The largest absolute Gasteiger partial charge is 0.396 e. The van der Waals surface area contributed by atoms with Crippen LogP contribution in [0.25, 0.3) is 0 Å². The van der Waals surface area contributed by atoms with E-state index in [-0.39, 0.29) is 6.61 Å². The summed E-state index contributed by atoms with van der Waals surface area (Å²) in [5.41, 5.74) is 0. The molecule has 0 aromatic carbocycles. The van der Waals surface area contributed by atoms with E-state index in [0.717, 1.165) is 31.8 Å². The maximum Gasteiger partial charge on any atom is 0.0983 e. The van der Waals surface area contributed by atoms with Crippen molar-refractivity contribution in [2.24, 2.45) is 11.8 Å². The van der Waals surface area contributed by atoms with Crippen LogP contribution in [0.15, 0.2) is 0 Å². The Hall–Kier alpha value is -0.570. The Labute approximate surface area is 80.3 Å². The number of nitrogens with one attached hydrogen (secondary N) is 1. The van der Waals surface area contributed by atoms with Gasteiger partial charge in [-0.2, -0.15) is 0 Å². The molecule has 0 spiro atoms. The number of nitrogens with zero attached hydrogens (tertiary/aromatic N) is 1. The van der Waals surface area contributed by atoms with Gasteiger partial charge in [-0.15, -0.1) is 0 Å². The first-order valence-electron chi connectivity index (χ1n) is 5.09. The third-order valence-electron chi connectivity index (χ3n) is 2.66. The van der Waals surface area contributed by atoms with Crippen LogP contribution < -0.4 is 0 Å². The summed E-state index contributed by atoms with van der Waals surface area (Å²) in [5, 5.41) is 16.9. The van der Waals surface area contributed by atoms with Gasteiger partial charge in [-0.1, -0.05) is 13.8 Å². The molecule has 3 nitrogen and oxygen atoms in total. The van der Waals surface area contributed by atoms with Crippen LogP contribution in [0.1, 0.15) is 26.7 Å². The van der Waals surface area contributed by atoms with Crippen molar-refractivity contribution in [2.75, 3.05) is 19.7 Å². The smallest absolute Gasteiger partial charge is 0.0983 e. The zero-order valence-corrected chi connectivity index (χ0v) is 8.58. The maximum absolute atomic E-state index is 9.03. The van der Waals surface area contributed by atoms with Gasteiger partial charge in [-0.3, -0.25) is 5.41 Å². The van der Waals surface area contributed by atoms with Gasteiger partial charge in [-0.25, -0.2) is 0 Å². The van der Waals surface area contributed by atoms with Crippen molar-refractivity contribution in [1.82, 2.24) is 4.90 Å². The lowest BCUT2D eigenvalue weighted by Crippen LogP contribution is -2.42. The summed E-state index contributed by atoms with van der Waals surface area (Å²) in [6.07, 6.45) is 2.22. The number of likely N-dealkylation sites (tertiary alicyclic amines) is 1. The molecule has 1 fully saturated rings. The van der Waals surface area contributed by atoms with Crippen LogP contribution in [0, 0.1) is 17.2 Å². The van der Waals surface area contributed by atoms with Crippen molar-refractivity contribution in [2.45, 2.75) is 26.7 Å². The Kier molecular flexibility index (Phi) is 3.72. The van der Waals surface area contributed by atoms with Gasteiger partial charge in [0.1, 0.15) is 0 Å². The molecule has 1 heterocycles. The Morgan fingerprint density at radius 3 is 2.85 bits per heavy atom. The average Bonchev–Trinajstić information content (AvgIpc) is 2.16. The molecule has 1 unspecified atom stereocenters. The molecular weight excluding hydrogens is 164 g/mol. The van der Waals surface area contributed by atoms with E-state index in [1.807, 2.05) is 13.8 Å². The number of piperidine rings is 1. The van der Waals surface area contributed by atoms with E-state index < -0.39 is 0 Å². The molecule has 1 rings (SSSR count). The fourth-order valence-corrected chi connectivity index (χ4v) is 1.80. The maximum atomic E-state index is 9.03. The summed E-state index contributed by atoms with van der Waals surface area (Å²) >= 11 is 0. The molecule has 0 radical (unpaired) electrons. The van der Waals surface area contributed by atoms with E-state index in [2.05, 4.69) is 4.90 Å². The second kappa shape index (κ2) is 4.61. The lowest BCUT2D eigenvalue weighted by Gasteiger charge is -2.34. The molecular formula is C10H20N2O. The number of amidine groups is 1. The Morgan fingerprint density at radius 1 is 1.62 bits per heavy atom. The van der Waals surface area contributed by atoms with Crippen molar-refractivity contribution < 1.29 is 5.11 Å². The van der Waals surface area contributed by atoms with Crippen LogP contribution >= 0.6 is 0 Å². The second-order valence-corrected chi connectivity index (χ2v) is 4.18. The van der Waals surface area contributed by atoms with E-state index in [1.54, 1.807) is 0 Å². The predicted molar refractivity (Wildman–Crippen MR) is 53.9 cm³/mol. The quantitative estimate of drug-likeness (QED) is 0.502. The Bertz CT molecular complexity index is 180.